The second-order valence-electron chi connectivity index (χ2n) is 8.08. The number of anilines is 1. The number of nitrogens with one attached hydrogen (secondary N) is 1. The molecule has 0 unspecified atom stereocenters. The van der Waals surface area contributed by atoms with Crippen molar-refractivity contribution in [2.24, 2.45) is 5.41 Å². The van der Waals surface area contributed by atoms with Gasteiger partial charge in [-0.05, 0) is 64.7 Å². The summed E-state index contributed by atoms with van der Waals surface area (Å²) in [6.45, 7) is 6.12. The first kappa shape index (κ1) is 20.2. The molecule has 0 atom stereocenters. The van der Waals surface area contributed by atoms with Gasteiger partial charge in [-0.1, -0.05) is 11.8 Å². The minimum absolute atomic E-state index is 0.117. The first-order chi connectivity index (χ1) is 13.3. The summed E-state index contributed by atoms with van der Waals surface area (Å²) in [4.78, 5) is 16.8. The fourth-order valence-corrected chi connectivity index (χ4v) is 3.94. The molecular weight excluding hydrogens is 372 g/mol. The van der Waals surface area contributed by atoms with Crippen LogP contribution < -0.4 is 10.1 Å². The summed E-state index contributed by atoms with van der Waals surface area (Å²) in [7, 11) is 0. The third-order valence-electron chi connectivity index (χ3n) is 4.46. The van der Waals surface area contributed by atoms with E-state index in [0.29, 0.717) is 10.6 Å². The molecule has 0 aromatic carbocycles. The van der Waals surface area contributed by atoms with Gasteiger partial charge >= 0.3 is 5.97 Å². The maximum Gasteiger partial charge on any atom is 0.348 e. The Bertz CT molecular complexity index is 867. The third-order valence-corrected chi connectivity index (χ3v) is 5.50. The molecule has 5 nitrogen and oxygen atoms in total. The number of thiophene rings is 1. The number of pyridine rings is 1. The van der Waals surface area contributed by atoms with Crippen LogP contribution in [0.25, 0.3) is 0 Å². The lowest BCUT2D eigenvalue weighted by atomic mass is 9.92. The molecule has 6 heteroatoms. The SMILES string of the molecule is CC(C)(C)C#Cc1cc(N[C@H]2CC[C@H](Oc3cccnc3)CC2)c(C(=O)O)s1. The topological polar surface area (TPSA) is 71.5 Å². The van der Waals surface area contributed by atoms with Gasteiger partial charge in [0, 0.05) is 17.7 Å². The van der Waals surface area contributed by atoms with Gasteiger partial charge in [0.15, 0.2) is 0 Å². The van der Waals surface area contributed by atoms with Crippen LogP contribution in [-0.2, 0) is 0 Å². The standard InChI is InChI=1S/C22H26N2O3S/c1-22(2,3)11-10-18-13-19(20(28-18)21(25)26)24-15-6-8-16(9-7-15)27-17-5-4-12-23-14-17/h4-5,12-16,24H,6-9H2,1-3H3,(H,25,26)/t15-,16-. The number of aromatic carboxylic acids is 1. The molecule has 0 saturated heterocycles. The Labute approximate surface area is 170 Å². The maximum atomic E-state index is 11.6. The van der Waals surface area contributed by atoms with Crippen molar-refractivity contribution < 1.29 is 14.6 Å². The summed E-state index contributed by atoms with van der Waals surface area (Å²) in [5, 5.41) is 13.0. The van der Waals surface area contributed by atoms with Crippen molar-refractivity contribution in [2.45, 2.75) is 58.6 Å². The van der Waals surface area contributed by atoms with Gasteiger partial charge in [-0.2, -0.15) is 0 Å². The van der Waals surface area contributed by atoms with Gasteiger partial charge < -0.3 is 15.2 Å². The number of ether oxygens (including phenoxy) is 1. The molecule has 0 bridgehead atoms. The van der Waals surface area contributed by atoms with E-state index in [0.717, 1.165) is 36.3 Å². The monoisotopic (exact) mass is 398 g/mol. The summed E-state index contributed by atoms with van der Waals surface area (Å²) in [5.41, 5.74) is 0.556. The number of hydrogen-bond donors (Lipinski definition) is 2. The molecule has 148 valence electrons. The van der Waals surface area contributed by atoms with Crippen LogP contribution in [0.2, 0.25) is 0 Å². The summed E-state index contributed by atoms with van der Waals surface area (Å²) >= 11 is 1.23. The molecule has 1 aliphatic rings. The van der Waals surface area contributed by atoms with E-state index in [1.807, 2.05) is 39.0 Å². The van der Waals surface area contributed by atoms with Gasteiger partial charge in [0.25, 0.3) is 0 Å². The van der Waals surface area contributed by atoms with Crippen LogP contribution >= 0.6 is 11.3 Å². The van der Waals surface area contributed by atoms with Crippen LogP contribution in [0.5, 0.6) is 5.75 Å². The van der Waals surface area contributed by atoms with Crippen molar-refractivity contribution in [3.05, 3.63) is 40.3 Å². The first-order valence-corrected chi connectivity index (χ1v) is 10.4. The molecule has 28 heavy (non-hydrogen) atoms. The Balaban J connectivity index is 1.61. The van der Waals surface area contributed by atoms with E-state index in [4.69, 9.17) is 4.74 Å². The Kier molecular flexibility index (Phi) is 6.25. The minimum Gasteiger partial charge on any atom is -0.489 e. The number of rotatable bonds is 5. The highest BCUT2D eigenvalue weighted by Gasteiger charge is 2.24. The van der Waals surface area contributed by atoms with Crippen LogP contribution in [0.15, 0.2) is 30.6 Å². The molecule has 2 heterocycles. The van der Waals surface area contributed by atoms with Crippen LogP contribution in [0.4, 0.5) is 5.69 Å². The van der Waals surface area contributed by atoms with Crippen molar-refractivity contribution in [2.75, 3.05) is 5.32 Å². The van der Waals surface area contributed by atoms with E-state index in [2.05, 4.69) is 22.1 Å². The van der Waals surface area contributed by atoms with Crippen LogP contribution in [0.3, 0.4) is 0 Å². The number of aromatic nitrogens is 1. The van der Waals surface area contributed by atoms with Crippen molar-refractivity contribution >= 4 is 23.0 Å². The highest BCUT2D eigenvalue weighted by molar-refractivity contribution is 7.15. The molecule has 0 amide bonds. The van der Waals surface area contributed by atoms with E-state index < -0.39 is 5.97 Å². The first-order valence-electron chi connectivity index (χ1n) is 9.54. The second-order valence-corrected chi connectivity index (χ2v) is 9.14. The number of carbonyl (C=O) groups is 1. The number of carboxylic acid groups (broad SMARTS) is 1. The molecule has 0 aliphatic heterocycles. The average Bonchev–Trinajstić information content (AvgIpc) is 3.05. The Morgan fingerprint density at radius 2 is 2.07 bits per heavy atom. The highest BCUT2D eigenvalue weighted by Crippen LogP contribution is 2.31. The molecule has 2 aromatic heterocycles. The molecule has 1 fully saturated rings. The fourth-order valence-electron chi connectivity index (χ4n) is 3.12. The molecule has 2 aromatic rings. The molecule has 0 spiro atoms. The zero-order valence-corrected chi connectivity index (χ0v) is 17.3. The Morgan fingerprint density at radius 3 is 2.68 bits per heavy atom. The van der Waals surface area contributed by atoms with Crippen LogP contribution in [-0.4, -0.2) is 28.2 Å². The lowest BCUT2D eigenvalue weighted by molar-refractivity contribution is 0.0703. The Hall–Kier alpha value is -2.52. The second kappa shape index (κ2) is 8.66. The molecular formula is C22H26N2O3S. The molecule has 1 aliphatic carbocycles. The number of carboxylic acids is 1. The summed E-state index contributed by atoms with van der Waals surface area (Å²) in [5.74, 6) is 6.17. The Morgan fingerprint density at radius 1 is 1.32 bits per heavy atom. The van der Waals surface area contributed by atoms with E-state index in [1.54, 1.807) is 12.4 Å². The highest BCUT2D eigenvalue weighted by atomic mass is 32.1. The van der Waals surface area contributed by atoms with Gasteiger partial charge in [0.05, 0.1) is 22.9 Å². The zero-order chi connectivity index (χ0) is 20.1. The normalized spacial score (nSPS) is 19.4. The van der Waals surface area contributed by atoms with E-state index in [-0.39, 0.29) is 17.6 Å². The van der Waals surface area contributed by atoms with Crippen molar-refractivity contribution in [3.63, 3.8) is 0 Å². The van der Waals surface area contributed by atoms with Crippen molar-refractivity contribution in [1.82, 2.24) is 4.98 Å². The van der Waals surface area contributed by atoms with E-state index in [9.17, 15) is 9.90 Å². The summed E-state index contributed by atoms with van der Waals surface area (Å²) in [6, 6.07) is 5.89. The molecule has 2 N–H and O–H groups in total. The molecule has 0 radical (unpaired) electrons. The number of hydrogen-bond acceptors (Lipinski definition) is 5. The lowest BCUT2D eigenvalue weighted by Crippen LogP contribution is -2.31. The molecule has 3 rings (SSSR count). The predicted octanol–water partition coefficient (Wildman–Crippen LogP) is 5.04. The van der Waals surface area contributed by atoms with Gasteiger partial charge in [0.2, 0.25) is 0 Å². The smallest absolute Gasteiger partial charge is 0.348 e. The average molecular weight is 399 g/mol. The quantitative estimate of drug-likeness (QED) is 0.690. The fraction of sp³-hybridized carbons (Fsp3) is 0.455. The van der Waals surface area contributed by atoms with E-state index in [1.165, 1.54) is 11.3 Å². The minimum atomic E-state index is -0.912. The maximum absolute atomic E-state index is 11.6. The zero-order valence-electron chi connectivity index (χ0n) is 16.5. The lowest BCUT2D eigenvalue weighted by Gasteiger charge is -2.30. The van der Waals surface area contributed by atoms with Gasteiger partial charge in [-0.15, -0.1) is 11.3 Å². The van der Waals surface area contributed by atoms with Crippen LogP contribution in [0.1, 0.15) is 61.0 Å². The van der Waals surface area contributed by atoms with Gasteiger partial charge in [0.1, 0.15) is 10.6 Å². The third kappa shape index (κ3) is 5.74. The summed E-state index contributed by atoms with van der Waals surface area (Å²) in [6.07, 6.45) is 7.36. The van der Waals surface area contributed by atoms with Gasteiger partial charge in [-0.3, -0.25) is 4.98 Å². The largest absolute Gasteiger partial charge is 0.489 e. The van der Waals surface area contributed by atoms with Crippen molar-refractivity contribution in [1.29, 1.82) is 0 Å². The predicted molar refractivity (Wildman–Crippen MR) is 112 cm³/mol. The van der Waals surface area contributed by atoms with Crippen LogP contribution in [0, 0.1) is 17.3 Å². The van der Waals surface area contributed by atoms with E-state index >= 15 is 0 Å². The summed E-state index contributed by atoms with van der Waals surface area (Å²) < 4.78 is 5.98. The number of nitrogens with zero attached hydrogens (tertiary/aromatic N) is 1. The van der Waals surface area contributed by atoms with Crippen molar-refractivity contribution in [3.8, 4) is 17.6 Å². The molecule has 1 saturated carbocycles. The van der Waals surface area contributed by atoms with Gasteiger partial charge in [-0.25, -0.2) is 4.79 Å².